The molecule has 1 aliphatic carbocycles. The van der Waals surface area contributed by atoms with Crippen LogP contribution in [0.2, 0.25) is 0 Å². The number of amides is 2. The minimum Gasteiger partial charge on any atom is -0.350 e. The highest BCUT2D eigenvalue weighted by molar-refractivity contribution is 5.81. The minimum atomic E-state index is -0.144. The number of hydrogen-bond acceptors (Lipinski definition) is 3. The predicted molar refractivity (Wildman–Crippen MR) is 71.2 cm³/mol. The Hall–Kier alpha value is -1.10. The largest absolute Gasteiger partial charge is 0.350 e. The van der Waals surface area contributed by atoms with Crippen LogP contribution in [0.4, 0.5) is 0 Å². The van der Waals surface area contributed by atoms with E-state index in [2.05, 4.69) is 5.32 Å². The molecule has 2 unspecified atom stereocenters. The maximum absolute atomic E-state index is 12.0. The number of carbonyl (C=O) groups is 2. The van der Waals surface area contributed by atoms with Gasteiger partial charge in [-0.3, -0.25) is 14.5 Å². The van der Waals surface area contributed by atoms with Crippen LogP contribution in [0.25, 0.3) is 0 Å². The zero-order valence-corrected chi connectivity index (χ0v) is 11.8. The van der Waals surface area contributed by atoms with Gasteiger partial charge in [0.1, 0.15) is 0 Å². The lowest BCUT2D eigenvalue weighted by Gasteiger charge is -2.37. The van der Waals surface area contributed by atoms with E-state index >= 15 is 0 Å². The van der Waals surface area contributed by atoms with Gasteiger partial charge in [0.2, 0.25) is 12.3 Å². The molecule has 0 radical (unpaired) electrons. The van der Waals surface area contributed by atoms with E-state index in [9.17, 15) is 9.59 Å². The molecule has 3 atom stereocenters. The molecule has 18 heavy (non-hydrogen) atoms. The lowest BCUT2D eigenvalue weighted by molar-refractivity contribution is -0.128. The predicted octanol–water partition coefficient (Wildman–Crippen LogP) is 0.452. The van der Waals surface area contributed by atoms with E-state index in [1.54, 1.807) is 11.9 Å². The number of nitrogens with one attached hydrogen (secondary N) is 1. The van der Waals surface area contributed by atoms with Crippen molar-refractivity contribution in [2.24, 2.45) is 0 Å². The summed E-state index contributed by atoms with van der Waals surface area (Å²) in [5, 5.41) is 3.08. The molecule has 0 heterocycles. The molecule has 1 N–H and O–H groups in total. The van der Waals surface area contributed by atoms with Gasteiger partial charge in [0, 0.05) is 13.1 Å². The molecule has 5 heteroatoms. The monoisotopic (exact) mass is 255 g/mol. The van der Waals surface area contributed by atoms with E-state index in [0.717, 1.165) is 32.1 Å². The number of hydrogen-bond donors (Lipinski definition) is 1. The molecular formula is C13H25N3O2. The van der Waals surface area contributed by atoms with Crippen LogP contribution >= 0.6 is 0 Å². The quantitative estimate of drug-likeness (QED) is 0.726. The van der Waals surface area contributed by atoms with Gasteiger partial charge < -0.3 is 10.2 Å². The van der Waals surface area contributed by atoms with Gasteiger partial charge >= 0.3 is 0 Å². The molecule has 2 amide bonds. The second-order valence-corrected chi connectivity index (χ2v) is 5.38. The molecule has 0 aliphatic heterocycles. The summed E-state index contributed by atoms with van der Waals surface area (Å²) >= 11 is 0. The van der Waals surface area contributed by atoms with Crippen molar-refractivity contribution in [1.82, 2.24) is 15.1 Å². The third-order valence-electron chi connectivity index (χ3n) is 3.90. The fourth-order valence-corrected chi connectivity index (χ4v) is 2.38. The Morgan fingerprint density at radius 1 is 1.28 bits per heavy atom. The molecule has 0 spiro atoms. The maximum atomic E-state index is 12.0. The lowest BCUT2D eigenvalue weighted by atomic mass is 9.89. The van der Waals surface area contributed by atoms with Crippen molar-refractivity contribution in [3.63, 3.8) is 0 Å². The zero-order chi connectivity index (χ0) is 13.7. The Balaban J connectivity index is 2.62. The highest BCUT2D eigenvalue weighted by Crippen LogP contribution is 2.22. The first-order valence-corrected chi connectivity index (χ1v) is 6.61. The molecule has 5 nitrogen and oxygen atoms in total. The minimum absolute atomic E-state index is 0.0381. The van der Waals surface area contributed by atoms with Crippen molar-refractivity contribution < 1.29 is 9.59 Å². The topological polar surface area (TPSA) is 52.7 Å². The van der Waals surface area contributed by atoms with E-state index in [1.165, 1.54) is 0 Å². The smallest absolute Gasteiger partial charge is 0.237 e. The molecule has 104 valence electrons. The van der Waals surface area contributed by atoms with Crippen molar-refractivity contribution in [2.45, 2.75) is 50.7 Å². The van der Waals surface area contributed by atoms with Crippen molar-refractivity contribution >= 4 is 12.3 Å². The van der Waals surface area contributed by atoms with E-state index in [1.807, 2.05) is 25.9 Å². The van der Waals surface area contributed by atoms with E-state index in [4.69, 9.17) is 0 Å². The zero-order valence-electron chi connectivity index (χ0n) is 11.8. The Morgan fingerprint density at radius 2 is 1.89 bits per heavy atom. The van der Waals surface area contributed by atoms with Crippen LogP contribution in [0, 0.1) is 0 Å². The molecule has 1 saturated carbocycles. The molecule has 0 bridgehead atoms. The first-order chi connectivity index (χ1) is 8.47. The molecule has 1 rings (SSSR count). The highest BCUT2D eigenvalue weighted by Gasteiger charge is 2.30. The van der Waals surface area contributed by atoms with Crippen molar-refractivity contribution in [3.05, 3.63) is 0 Å². The van der Waals surface area contributed by atoms with Gasteiger partial charge in [0.05, 0.1) is 12.1 Å². The lowest BCUT2D eigenvalue weighted by Crippen LogP contribution is -2.55. The van der Waals surface area contributed by atoms with Crippen molar-refractivity contribution in [2.75, 3.05) is 21.1 Å². The van der Waals surface area contributed by atoms with Crippen LogP contribution in [0.1, 0.15) is 32.6 Å². The molecule has 0 saturated heterocycles. The summed E-state index contributed by atoms with van der Waals surface area (Å²) in [6.45, 7) is 1.89. The second-order valence-electron chi connectivity index (χ2n) is 5.38. The van der Waals surface area contributed by atoms with Crippen LogP contribution in [0.3, 0.4) is 0 Å². The number of rotatable bonds is 5. The van der Waals surface area contributed by atoms with Gasteiger partial charge in [0.15, 0.2) is 0 Å². The third kappa shape index (κ3) is 3.70. The third-order valence-corrected chi connectivity index (χ3v) is 3.90. The van der Waals surface area contributed by atoms with Crippen LogP contribution in [0.15, 0.2) is 0 Å². The van der Waals surface area contributed by atoms with Crippen LogP contribution in [0.5, 0.6) is 0 Å². The SMILES string of the molecule is C[C@@H](C(=O)NC1CCCCC1N(C)C=O)N(C)C. The first kappa shape index (κ1) is 15.0. The van der Waals surface area contributed by atoms with Gasteiger partial charge in [-0.15, -0.1) is 0 Å². The maximum Gasteiger partial charge on any atom is 0.237 e. The average molecular weight is 255 g/mol. The van der Waals surface area contributed by atoms with Crippen LogP contribution in [-0.4, -0.2) is 61.4 Å². The van der Waals surface area contributed by atoms with Gasteiger partial charge in [0.25, 0.3) is 0 Å². The summed E-state index contributed by atoms with van der Waals surface area (Å²) in [6.07, 6.45) is 5.01. The Labute approximate surface area is 110 Å². The Kier molecular flexibility index (Phi) is 5.59. The Morgan fingerprint density at radius 3 is 2.44 bits per heavy atom. The summed E-state index contributed by atoms with van der Waals surface area (Å²) in [4.78, 5) is 26.5. The van der Waals surface area contributed by atoms with Gasteiger partial charge in [-0.05, 0) is 33.9 Å². The summed E-state index contributed by atoms with van der Waals surface area (Å²) in [6, 6.07) is 0.0764. The Bertz CT molecular complexity index is 294. The fraction of sp³-hybridized carbons (Fsp3) is 0.846. The summed E-state index contributed by atoms with van der Waals surface area (Å²) in [5.74, 6) is 0.0381. The molecular weight excluding hydrogens is 230 g/mol. The molecule has 0 aromatic rings. The highest BCUT2D eigenvalue weighted by atomic mass is 16.2. The summed E-state index contributed by atoms with van der Waals surface area (Å²) in [7, 11) is 5.57. The number of carbonyl (C=O) groups excluding carboxylic acids is 2. The average Bonchev–Trinajstić information content (AvgIpc) is 2.37. The van der Waals surface area contributed by atoms with E-state index in [0.29, 0.717) is 0 Å². The van der Waals surface area contributed by atoms with Gasteiger partial charge in [-0.2, -0.15) is 0 Å². The molecule has 1 fully saturated rings. The van der Waals surface area contributed by atoms with Crippen LogP contribution < -0.4 is 5.32 Å². The second kappa shape index (κ2) is 6.73. The molecule has 1 aliphatic rings. The normalized spacial score (nSPS) is 25.6. The molecule has 0 aromatic heterocycles. The van der Waals surface area contributed by atoms with Crippen molar-refractivity contribution in [3.8, 4) is 0 Å². The number of likely N-dealkylation sites (N-methyl/N-ethyl adjacent to an activating group) is 2. The number of nitrogens with zero attached hydrogens (tertiary/aromatic N) is 2. The van der Waals surface area contributed by atoms with Gasteiger partial charge in [-0.25, -0.2) is 0 Å². The van der Waals surface area contributed by atoms with Crippen molar-refractivity contribution in [1.29, 1.82) is 0 Å². The standard InChI is InChI=1S/C13H25N3O2/c1-10(15(2)3)13(18)14-11-7-5-6-8-12(11)16(4)9-17/h9-12H,5-8H2,1-4H3,(H,14,18)/t10-,11?,12?/m0/s1. The summed E-state index contributed by atoms with van der Waals surface area (Å²) in [5.41, 5.74) is 0. The molecule has 0 aromatic carbocycles. The fourth-order valence-electron chi connectivity index (χ4n) is 2.38. The summed E-state index contributed by atoms with van der Waals surface area (Å²) < 4.78 is 0. The van der Waals surface area contributed by atoms with E-state index in [-0.39, 0.29) is 24.0 Å². The van der Waals surface area contributed by atoms with Gasteiger partial charge in [-0.1, -0.05) is 12.8 Å². The first-order valence-electron chi connectivity index (χ1n) is 6.61. The van der Waals surface area contributed by atoms with Crippen LogP contribution in [-0.2, 0) is 9.59 Å². The van der Waals surface area contributed by atoms with E-state index < -0.39 is 0 Å².